The second-order valence-corrected chi connectivity index (χ2v) is 4.88. The van der Waals surface area contributed by atoms with E-state index in [1.807, 2.05) is 16.8 Å². The summed E-state index contributed by atoms with van der Waals surface area (Å²) >= 11 is 1.58. The van der Waals surface area contributed by atoms with Crippen LogP contribution in [0.25, 0.3) is 11.4 Å². The highest BCUT2D eigenvalue weighted by Gasteiger charge is 2.21. The first kappa shape index (κ1) is 12.5. The van der Waals surface area contributed by atoms with Crippen LogP contribution in [0, 0.1) is 0 Å². The number of aromatic carboxylic acids is 1. The minimum absolute atomic E-state index is 0.0843. The van der Waals surface area contributed by atoms with Gasteiger partial charge in [-0.05, 0) is 34.5 Å². The fraction of sp³-hybridized carbons (Fsp3) is 0.0769. The van der Waals surface area contributed by atoms with Crippen molar-refractivity contribution >= 4 is 17.3 Å². The molecule has 0 spiro atoms. The van der Waals surface area contributed by atoms with Gasteiger partial charge in [0, 0.05) is 6.20 Å². The summed E-state index contributed by atoms with van der Waals surface area (Å²) in [5.74, 6) is -1.11. The van der Waals surface area contributed by atoms with Crippen LogP contribution in [0.2, 0.25) is 0 Å². The molecule has 1 N–H and O–H groups in total. The van der Waals surface area contributed by atoms with E-state index >= 15 is 0 Å². The quantitative estimate of drug-likeness (QED) is 0.794. The first-order valence-electron chi connectivity index (χ1n) is 5.85. The van der Waals surface area contributed by atoms with Crippen molar-refractivity contribution < 1.29 is 9.90 Å². The summed E-state index contributed by atoms with van der Waals surface area (Å²) in [6.07, 6.45) is 1.61. The lowest BCUT2D eigenvalue weighted by atomic mass is 10.2. The monoisotopic (exact) mass is 286 g/mol. The van der Waals surface area contributed by atoms with Gasteiger partial charge in [0.25, 0.3) is 0 Å². The van der Waals surface area contributed by atoms with Crippen LogP contribution >= 0.6 is 11.3 Å². The molecule has 0 amide bonds. The Labute approximate surface area is 118 Å². The van der Waals surface area contributed by atoms with Crippen LogP contribution in [0.4, 0.5) is 0 Å². The molecule has 0 radical (unpaired) electrons. The summed E-state index contributed by atoms with van der Waals surface area (Å²) in [7, 11) is 0. The topological polar surface area (TPSA) is 80.9 Å². The number of aromatic nitrogens is 4. The minimum Gasteiger partial charge on any atom is -0.476 e. The summed E-state index contributed by atoms with van der Waals surface area (Å²) in [5, 5.41) is 20.9. The van der Waals surface area contributed by atoms with Gasteiger partial charge in [0.05, 0.1) is 12.2 Å². The first-order valence-corrected chi connectivity index (χ1v) is 6.79. The van der Waals surface area contributed by atoms with Gasteiger partial charge in [-0.2, -0.15) is 11.3 Å². The Hall–Kier alpha value is -2.54. The Kier molecular flexibility index (Phi) is 3.26. The molecular formula is C13H10N4O2S. The van der Waals surface area contributed by atoms with Crippen molar-refractivity contribution in [2.24, 2.45) is 0 Å². The molecule has 0 fully saturated rings. The van der Waals surface area contributed by atoms with Gasteiger partial charge in [-0.1, -0.05) is 11.3 Å². The van der Waals surface area contributed by atoms with Crippen LogP contribution in [-0.2, 0) is 6.54 Å². The van der Waals surface area contributed by atoms with E-state index < -0.39 is 5.97 Å². The lowest BCUT2D eigenvalue weighted by molar-refractivity contribution is 0.0691. The highest BCUT2D eigenvalue weighted by molar-refractivity contribution is 7.07. The molecule has 3 heterocycles. The van der Waals surface area contributed by atoms with E-state index in [1.165, 1.54) is 0 Å². The number of hydrogen-bond acceptors (Lipinski definition) is 5. The van der Waals surface area contributed by atoms with E-state index in [1.54, 1.807) is 40.4 Å². The fourth-order valence-corrected chi connectivity index (χ4v) is 2.54. The Morgan fingerprint density at radius 3 is 2.90 bits per heavy atom. The van der Waals surface area contributed by atoms with Crippen molar-refractivity contribution in [3.63, 3.8) is 0 Å². The summed E-state index contributed by atoms with van der Waals surface area (Å²) < 4.78 is 1.56. The van der Waals surface area contributed by atoms with E-state index in [0.717, 1.165) is 5.56 Å². The molecule has 7 heteroatoms. The molecule has 3 aromatic rings. The van der Waals surface area contributed by atoms with Crippen LogP contribution in [0.15, 0.2) is 41.2 Å². The Balaban J connectivity index is 2.09. The zero-order valence-electron chi connectivity index (χ0n) is 10.3. The molecule has 0 unspecified atom stereocenters. The summed E-state index contributed by atoms with van der Waals surface area (Å²) in [5.41, 5.74) is 1.93. The number of carbonyl (C=O) groups is 1. The van der Waals surface area contributed by atoms with Crippen molar-refractivity contribution in [3.05, 3.63) is 52.5 Å². The average molecular weight is 286 g/mol. The largest absolute Gasteiger partial charge is 0.476 e. The summed E-state index contributed by atoms with van der Waals surface area (Å²) in [4.78, 5) is 15.5. The molecule has 3 rings (SSSR count). The number of carboxylic acid groups (broad SMARTS) is 1. The van der Waals surface area contributed by atoms with Gasteiger partial charge in [-0.3, -0.25) is 4.98 Å². The molecule has 0 aliphatic carbocycles. The average Bonchev–Trinajstić information content (AvgIpc) is 3.09. The Bertz CT molecular complexity index is 722. The smallest absolute Gasteiger partial charge is 0.358 e. The maximum atomic E-state index is 11.3. The van der Waals surface area contributed by atoms with Crippen molar-refractivity contribution in [2.45, 2.75) is 6.54 Å². The second kappa shape index (κ2) is 5.22. The number of rotatable bonds is 4. The number of hydrogen-bond donors (Lipinski definition) is 1. The van der Waals surface area contributed by atoms with Crippen LogP contribution in [0.3, 0.4) is 0 Å². The third-order valence-corrected chi connectivity index (χ3v) is 3.49. The Morgan fingerprint density at radius 2 is 2.25 bits per heavy atom. The first-order chi connectivity index (χ1) is 9.75. The molecule has 0 bridgehead atoms. The van der Waals surface area contributed by atoms with Crippen molar-refractivity contribution in [1.82, 2.24) is 20.0 Å². The van der Waals surface area contributed by atoms with E-state index in [4.69, 9.17) is 0 Å². The summed E-state index contributed by atoms with van der Waals surface area (Å²) in [6.45, 7) is 0.468. The molecule has 0 aliphatic heterocycles. The van der Waals surface area contributed by atoms with Gasteiger partial charge in [0.1, 0.15) is 5.69 Å². The van der Waals surface area contributed by atoms with Crippen LogP contribution in [-0.4, -0.2) is 31.1 Å². The maximum Gasteiger partial charge on any atom is 0.358 e. The van der Waals surface area contributed by atoms with Crippen LogP contribution in [0.1, 0.15) is 16.1 Å². The van der Waals surface area contributed by atoms with E-state index in [0.29, 0.717) is 17.9 Å². The number of pyridine rings is 1. The lowest BCUT2D eigenvalue weighted by Gasteiger charge is -2.05. The van der Waals surface area contributed by atoms with Gasteiger partial charge >= 0.3 is 5.97 Å². The van der Waals surface area contributed by atoms with Gasteiger partial charge < -0.3 is 5.11 Å². The summed E-state index contributed by atoms with van der Waals surface area (Å²) in [6, 6.07) is 7.29. The predicted molar refractivity (Wildman–Crippen MR) is 73.6 cm³/mol. The normalized spacial score (nSPS) is 10.6. The Morgan fingerprint density at radius 1 is 1.35 bits per heavy atom. The SMILES string of the molecule is O=C(O)c1nnn(Cc2ccsc2)c1-c1ccccn1. The molecule has 3 aromatic heterocycles. The van der Waals surface area contributed by atoms with Gasteiger partial charge in [-0.15, -0.1) is 5.10 Å². The second-order valence-electron chi connectivity index (χ2n) is 4.10. The predicted octanol–water partition coefficient (Wildman–Crippen LogP) is 2.15. The molecule has 100 valence electrons. The minimum atomic E-state index is -1.11. The van der Waals surface area contributed by atoms with Gasteiger partial charge in [-0.25, -0.2) is 9.48 Å². The van der Waals surface area contributed by atoms with Crippen LogP contribution < -0.4 is 0 Å². The highest BCUT2D eigenvalue weighted by Crippen LogP contribution is 2.21. The molecule has 20 heavy (non-hydrogen) atoms. The number of nitrogens with zero attached hydrogens (tertiary/aromatic N) is 4. The third-order valence-electron chi connectivity index (χ3n) is 2.76. The third kappa shape index (κ3) is 2.30. The molecule has 0 atom stereocenters. The van der Waals surface area contributed by atoms with E-state index in [9.17, 15) is 9.90 Å². The lowest BCUT2D eigenvalue weighted by Crippen LogP contribution is -2.06. The maximum absolute atomic E-state index is 11.3. The van der Waals surface area contributed by atoms with Gasteiger partial charge in [0.2, 0.25) is 0 Å². The van der Waals surface area contributed by atoms with Crippen LogP contribution in [0.5, 0.6) is 0 Å². The zero-order valence-corrected chi connectivity index (χ0v) is 11.1. The van der Waals surface area contributed by atoms with E-state index in [2.05, 4.69) is 15.3 Å². The molecule has 0 saturated carbocycles. The van der Waals surface area contributed by atoms with Crippen molar-refractivity contribution in [3.8, 4) is 11.4 Å². The van der Waals surface area contributed by atoms with Gasteiger partial charge in [0.15, 0.2) is 5.69 Å². The fourth-order valence-electron chi connectivity index (χ4n) is 1.88. The molecular weight excluding hydrogens is 276 g/mol. The van der Waals surface area contributed by atoms with E-state index in [-0.39, 0.29) is 5.69 Å². The standard InChI is InChI=1S/C13H10N4O2S/c18-13(19)11-12(10-3-1-2-5-14-10)17(16-15-11)7-9-4-6-20-8-9/h1-6,8H,7H2,(H,18,19). The van der Waals surface area contributed by atoms with Crippen molar-refractivity contribution in [1.29, 1.82) is 0 Å². The molecule has 0 saturated heterocycles. The zero-order chi connectivity index (χ0) is 13.9. The number of thiophene rings is 1. The number of carboxylic acids is 1. The molecule has 0 aliphatic rings. The molecule has 0 aromatic carbocycles. The highest BCUT2D eigenvalue weighted by atomic mass is 32.1. The molecule has 6 nitrogen and oxygen atoms in total. The van der Waals surface area contributed by atoms with Crippen molar-refractivity contribution in [2.75, 3.05) is 0 Å².